The van der Waals surface area contributed by atoms with Crippen LogP contribution in [0.2, 0.25) is 0 Å². The normalized spacial score (nSPS) is 19.5. The molecule has 1 fully saturated rings. The minimum absolute atomic E-state index is 0.00652. The average Bonchev–Trinajstić information content (AvgIpc) is 3.02. The number of nitro benzene ring substituents is 1. The molecule has 138 valence electrons. The van der Waals surface area contributed by atoms with Gasteiger partial charge in [0.15, 0.2) is 0 Å². The number of hydrogen-bond donors (Lipinski definition) is 0. The standard InChI is InChI=1S/C17H20N4O5/c1-3-4-7-18-15(22)16(23)20(17(18)24)10-19-11(2)8-12-9-13(21(25)26)5-6-14(12)19/h5-6,9,11H,3-4,7-8,10H2,1-2H3/t11-/m1/s1. The van der Waals surface area contributed by atoms with Crippen LogP contribution in [0.25, 0.3) is 0 Å². The highest BCUT2D eigenvalue weighted by atomic mass is 16.6. The molecule has 0 radical (unpaired) electrons. The number of nitro groups is 1. The van der Waals surface area contributed by atoms with Crippen molar-refractivity contribution in [1.29, 1.82) is 0 Å². The summed E-state index contributed by atoms with van der Waals surface area (Å²) in [7, 11) is 0. The van der Waals surface area contributed by atoms with Crippen LogP contribution in [0.4, 0.5) is 16.2 Å². The number of anilines is 1. The predicted molar refractivity (Wildman–Crippen MR) is 92.5 cm³/mol. The molecule has 9 heteroatoms. The van der Waals surface area contributed by atoms with Crippen LogP contribution in [0.15, 0.2) is 18.2 Å². The first-order chi connectivity index (χ1) is 12.3. The number of fused-ring (bicyclic) bond motifs is 1. The van der Waals surface area contributed by atoms with E-state index in [2.05, 4.69) is 0 Å². The zero-order valence-electron chi connectivity index (χ0n) is 14.7. The minimum atomic E-state index is -0.825. The molecular weight excluding hydrogens is 340 g/mol. The topological polar surface area (TPSA) is 104 Å². The van der Waals surface area contributed by atoms with Gasteiger partial charge in [0.1, 0.15) is 6.67 Å². The Labute approximate surface area is 150 Å². The molecule has 2 aliphatic rings. The van der Waals surface area contributed by atoms with E-state index in [4.69, 9.17) is 0 Å². The van der Waals surface area contributed by atoms with Crippen molar-refractivity contribution in [3.05, 3.63) is 33.9 Å². The summed E-state index contributed by atoms with van der Waals surface area (Å²) in [6.45, 7) is 4.03. The van der Waals surface area contributed by atoms with Gasteiger partial charge in [-0.2, -0.15) is 0 Å². The summed E-state index contributed by atoms with van der Waals surface area (Å²) in [6.07, 6.45) is 2.02. The fourth-order valence-electron chi connectivity index (χ4n) is 3.35. The molecule has 0 saturated carbocycles. The van der Waals surface area contributed by atoms with Crippen molar-refractivity contribution in [2.75, 3.05) is 18.1 Å². The summed E-state index contributed by atoms with van der Waals surface area (Å²) in [5, 5.41) is 10.9. The number of non-ortho nitro benzene ring substituents is 1. The summed E-state index contributed by atoms with van der Waals surface area (Å²) in [5.41, 5.74) is 1.54. The summed E-state index contributed by atoms with van der Waals surface area (Å²) in [4.78, 5) is 51.0. The van der Waals surface area contributed by atoms with Gasteiger partial charge < -0.3 is 4.90 Å². The number of hydrogen-bond acceptors (Lipinski definition) is 6. The fraction of sp³-hybridized carbons (Fsp3) is 0.471. The van der Waals surface area contributed by atoms with Crippen molar-refractivity contribution in [2.45, 2.75) is 39.2 Å². The molecule has 0 N–H and O–H groups in total. The highest BCUT2D eigenvalue weighted by molar-refractivity contribution is 6.44. The van der Waals surface area contributed by atoms with E-state index in [-0.39, 0.29) is 24.9 Å². The number of amides is 4. The maximum atomic E-state index is 12.5. The molecule has 0 unspecified atom stereocenters. The number of carbonyl (C=O) groups is 3. The summed E-state index contributed by atoms with van der Waals surface area (Å²) >= 11 is 0. The second-order valence-corrected chi connectivity index (χ2v) is 6.56. The predicted octanol–water partition coefficient (Wildman–Crippen LogP) is 1.89. The third-order valence-corrected chi connectivity index (χ3v) is 4.79. The molecule has 1 atom stereocenters. The van der Waals surface area contributed by atoms with Gasteiger partial charge >= 0.3 is 17.8 Å². The molecule has 3 rings (SSSR count). The number of benzene rings is 1. The van der Waals surface area contributed by atoms with Crippen molar-refractivity contribution in [2.24, 2.45) is 0 Å². The third kappa shape index (κ3) is 2.89. The van der Waals surface area contributed by atoms with Crippen molar-refractivity contribution in [3.8, 4) is 0 Å². The van der Waals surface area contributed by atoms with Crippen LogP contribution in [0.1, 0.15) is 32.3 Å². The lowest BCUT2D eigenvalue weighted by molar-refractivity contribution is -0.384. The molecule has 2 heterocycles. The molecule has 9 nitrogen and oxygen atoms in total. The number of urea groups is 1. The van der Waals surface area contributed by atoms with E-state index in [1.165, 1.54) is 12.1 Å². The van der Waals surface area contributed by atoms with Gasteiger partial charge in [-0.25, -0.2) is 9.69 Å². The first kappa shape index (κ1) is 17.8. The number of imide groups is 2. The molecular formula is C17H20N4O5. The van der Waals surface area contributed by atoms with Crippen LogP contribution in [0.3, 0.4) is 0 Å². The lowest BCUT2D eigenvalue weighted by Gasteiger charge is -2.28. The Bertz CT molecular complexity index is 793. The second kappa shape index (κ2) is 6.74. The van der Waals surface area contributed by atoms with Crippen molar-refractivity contribution < 1.29 is 19.3 Å². The van der Waals surface area contributed by atoms with E-state index in [1.54, 1.807) is 6.07 Å². The highest BCUT2D eigenvalue weighted by Crippen LogP contribution is 2.35. The van der Waals surface area contributed by atoms with Crippen LogP contribution in [0, 0.1) is 10.1 Å². The van der Waals surface area contributed by atoms with Gasteiger partial charge in [-0.3, -0.25) is 24.6 Å². The highest BCUT2D eigenvalue weighted by Gasteiger charge is 2.45. The Morgan fingerprint density at radius 2 is 1.88 bits per heavy atom. The molecule has 1 aromatic carbocycles. The van der Waals surface area contributed by atoms with E-state index >= 15 is 0 Å². The van der Waals surface area contributed by atoms with E-state index in [9.17, 15) is 24.5 Å². The number of unbranched alkanes of at least 4 members (excludes halogenated alkanes) is 1. The van der Waals surface area contributed by atoms with E-state index in [0.717, 1.165) is 27.5 Å². The molecule has 2 aliphatic heterocycles. The third-order valence-electron chi connectivity index (χ3n) is 4.79. The monoisotopic (exact) mass is 360 g/mol. The molecule has 1 aromatic rings. The molecule has 0 aromatic heterocycles. The van der Waals surface area contributed by atoms with Crippen LogP contribution < -0.4 is 4.90 Å². The van der Waals surface area contributed by atoms with Crippen LogP contribution in [0.5, 0.6) is 0 Å². The maximum absolute atomic E-state index is 12.5. The van der Waals surface area contributed by atoms with E-state index in [0.29, 0.717) is 12.8 Å². The van der Waals surface area contributed by atoms with Crippen LogP contribution in [-0.2, 0) is 16.0 Å². The van der Waals surface area contributed by atoms with Crippen molar-refractivity contribution in [3.63, 3.8) is 0 Å². The number of carbonyl (C=O) groups excluding carboxylic acids is 3. The Balaban J connectivity index is 1.81. The van der Waals surface area contributed by atoms with Gasteiger partial charge in [-0.15, -0.1) is 0 Å². The Morgan fingerprint density at radius 1 is 1.19 bits per heavy atom. The average molecular weight is 360 g/mol. The van der Waals surface area contributed by atoms with Crippen LogP contribution >= 0.6 is 0 Å². The zero-order valence-corrected chi connectivity index (χ0v) is 14.7. The lowest BCUT2D eigenvalue weighted by Crippen LogP contribution is -2.44. The maximum Gasteiger partial charge on any atom is 0.335 e. The van der Waals surface area contributed by atoms with Crippen molar-refractivity contribution >= 4 is 29.2 Å². The Kier molecular flexibility index (Phi) is 4.62. The quantitative estimate of drug-likeness (QED) is 0.332. The minimum Gasteiger partial charge on any atom is -0.350 e. The molecule has 1 saturated heterocycles. The largest absolute Gasteiger partial charge is 0.350 e. The smallest absolute Gasteiger partial charge is 0.335 e. The Morgan fingerprint density at radius 3 is 2.54 bits per heavy atom. The molecule has 4 amide bonds. The molecule has 26 heavy (non-hydrogen) atoms. The lowest BCUT2D eigenvalue weighted by atomic mass is 10.1. The first-order valence-electron chi connectivity index (χ1n) is 8.56. The Hall–Kier alpha value is -2.97. The summed E-state index contributed by atoms with van der Waals surface area (Å²) in [5.74, 6) is -1.62. The van der Waals surface area contributed by atoms with Gasteiger partial charge in [-0.1, -0.05) is 13.3 Å². The first-order valence-corrected chi connectivity index (χ1v) is 8.56. The molecule has 0 spiro atoms. The number of nitrogens with zero attached hydrogens (tertiary/aromatic N) is 4. The number of rotatable bonds is 6. The van der Waals surface area contributed by atoms with Gasteiger partial charge in [-0.05, 0) is 31.4 Å². The van der Waals surface area contributed by atoms with Gasteiger partial charge in [0, 0.05) is 30.4 Å². The van der Waals surface area contributed by atoms with Gasteiger partial charge in [0.2, 0.25) is 0 Å². The van der Waals surface area contributed by atoms with Crippen LogP contribution in [-0.4, -0.2) is 51.8 Å². The SMILES string of the molecule is CCCCN1C(=O)C(=O)N(CN2c3ccc([N+](=O)[O-])cc3C[C@H]2C)C1=O. The molecule has 0 aliphatic carbocycles. The second-order valence-electron chi connectivity index (χ2n) is 6.56. The summed E-state index contributed by atoms with van der Waals surface area (Å²) < 4.78 is 0. The zero-order chi connectivity index (χ0) is 19.0. The van der Waals surface area contributed by atoms with Gasteiger partial charge in [0.05, 0.1) is 4.92 Å². The van der Waals surface area contributed by atoms with Gasteiger partial charge in [0.25, 0.3) is 5.69 Å². The fourth-order valence-corrected chi connectivity index (χ4v) is 3.35. The van der Waals surface area contributed by atoms with E-state index < -0.39 is 22.8 Å². The molecule has 0 bridgehead atoms. The van der Waals surface area contributed by atoms with Crippen molar-refractivity contribution in [1.82, 2.24) is 9.80 Å². The van der Waals surface area contributed by atoms with E-state index in [1.807, 2.05) is 18.7 Å². The summed E-state index contributed by atoms with van der Waals surface area (Å²) in [6, 6.07) is 3.89.